The highest BCUT2D eigenvalue weighted by molar-refractivity contribution is 7.68. The van der Waals surface area contributed by atoms with Crippen LogP contribution in [0.5, 0.6) is 5.75 Å². The molecule has 9 heteroatoms. The minimum Gasteiger partial charge on any atom is -0.506 e. The van der Waals surface area contributed by atoms with E-state index in [-0.39, 0.29) is 17.2 Å². The summed E-state index contributed by atoms with van der Waals surface area (Å²) in [5.41, 5.74) is 3.88. The summed E-state index contributed by atoms with van der Waals surface area (Å²) in [6.07, 6.45) is 2.97. The lowest BCUT2D eigenvalue weighted by atomic mass is 10.1. The number of pyridine rings is 1. The predicted octanol–water partition coefficient (Wildman–Crippen LogP) is 3.99. The summed E-state index contributed by atoms with van der Waals surface area (Å²) in [5, 5.41) is 17.2. The Morgan fingerprint density at radius 2 is 1.86 bits per heavy atom. The largest absolute Gasteiger partial charge is 0.506 e. The topological polar surface area (TPSA) is 109 Å². The van der Waals surface area contributed by atoms with Crippen LogP contribution in [0.3, 0.4) is 0 Å². The second-order valence-electron chi connectivity index (χ2n) is 7.95. The number of benzene rings is 2. The minimum atomic E-state index is -0.465. The molecular formula is C27H23N5O3S. The van der Waals surface area contributed by atoms with Crippen LogP contribution in [0.1, 0.15) is 43.2 Å². The molecule has 0 aliphatic rings. The number of amides is 2. The van der Waals surface area contributed by atoms with E-state index in [0.717, 1.165) is 5.69 Å². The number of hydrogen-bond acceptors (Lipinski definition) is 5. The van der Waals surface area contributed by atoms with E-state index in [9.17, 15) is 14.7 Å². The van der Waals surface area contributed by atoms with Crippen LogP contribution in [0.15, 0.2) is 76.2 Å². The fourth-order valence-electron chi connectivity index (χ4n) is 3.36. The molecular weight excluding hydrogens is 474 g/mol. The highest BCUT2D eigenvalue weighted by Crippen LogP contribution is 2.22. The third-order valence-corrected chi connectivity index (χ3v) is 6.06. The van der Waals surface area contributed by atoms with Crippen LogP contribution in [0.2, 0.25) is 0 Å². The summed E-state index contributed by atoms with van der Waals surface area (Å²) in [7, 11) is 1.71. The Morgan fingerprint density at radius 1 is 1.06 bits per heavy atom. The lowest BCUT2D eigenvalue weighted by Crippen LogP contribution is -2.16. The smallest absolute Gasteiger partial charge is 0.284 e. The maximum absolute atomic E-state index is 12.7. The summed E-state index contributed by atoms with van der Waals surface area (Å²) in [4.78, 5) is 29.9. The van der Waals surface area contributed by atoms with Gasteiger partial charge in [0.25, 0.3) is 11.8 Å². The van der Waals surface area contributed by atoms with Gasteiger partial charge in [0.05, 0.1) is 21.8 Å². The number of anilines is 1. The first-order chi connectivity index (χ1) is 17.3. The van der Waals surface area contributed by atoms with Gasteiger partial charge in [-0.15, -0.1) is 0 Å². The molecule has 2 aromatic heterocycles. The van der Waals surface area contributed by atoms with Crippen LogP contribution < -0.4 is 5.32 Å². The van der Waals surface area contributed by atoms with Crippen molar-refractivity contribution in [2.75, 3.05) is 5.32 Å². The van der Waals surface area contributed by atoms with E-state index in [1.807, 2.05) is 19.1 Å². The van der Waals surface area contributed by atoms with Crippen LogP contribution in [0, 0.1) is 25.7 Å². The van der Waals surface area contributed by atoms with Crippen molar-refractivity contribution in [1.82, 2.24) is 14.8 Å². The van der Waals surface area contributed by atoms with Gasteiger partial charge in [0.2, 0.25) is 0 Å². The monoisotopic (exact) mass is 497 g/mol. The zero-order valence-corrected chi connectivity index (χ0v) is 20.7. The van der Waals surface area contributed by atoms with E-state index in [1.165, 1.54) is 10.9 Å². The van der Waals surface area contributed by atoms with E-state index in [2.05, 4.69) is 31.6 Å². The summed E-state index contributed by atoms with van der Waals surface area (Å²) >= 11 is 0.342. The Labute approximate surface area is 212 Å². The fraction of sp³-hybridized carbons (Fsp3) is 0.111. The molecule has 4 aromatic rings. The third kappa shape index (κ3) is 5.74. The molecule has 0 saturated carbocycles. The Balaban J connectivity index is 1.53. The van der Waals surface area contributed by atoms with Crippen molar-refractivity contribution >= 4 is 29.1 Å². The Morgan fingerprint density at radius 3 is 2.64 bits per heavy atom. The molecule has 2 N–H and O–H groups in total. The van der Waals surface area contributed by atoms with Crippen molar-refractivity contribution in [3.8, 4) is 17.6 Å². The number of carbonyl (C=O) groups excluding carboxylic acids is 2. The standard InChI is InChI=1S/C27H23N5O3S/c1-17-7-6-10-24(25(17)33)36-31-26(34)21-14-19(15-28-16-21)11-12-20-8-4-5-9-22(20)29-27(35)23-13-18(2)30-32(23)3/h4-10,13-16,33,36H,1-3H3,(H,29,35). The average Bonchev–Trinajstić information content (AvgIpc) is 3.22. The highest BCUT2D eigenvalue weighted by Gasteiger charge is 2.13. The molecule has 0 bridgehead atoms. The molecule has 36 heavy (non-hydrogen) atoms. The van der Waals surface area contributed by atoms with Gasteiger partial charge in [-0.25, -0.2) is 0 Å². The van der Waals surface area contributed by atoms with Gasteiger partial charge < -0.3 is 10.4 Å². The average molecular weight is 498 g/mol. The van der Waals surface area contributed by atoms with Crippen molar-refractivity contribution in [2.24, 2.45) is 11.4 Å². The van der Waals surface area contributed by atoms with Crippen LogP contribution in [-0.4, -0.2) is 31.7 Å². The second-order valence-corrected chi connectivity index (χ2v) is 8.84. The first-order valence-corrected chi connectivity index (χ1v) is 11.8. The first-order valence-electron chi connectivity index (χ1n) is 10.9. The van der Waals surface area contributed by atoms with Crippen molar-refractivity contribution in [2.45, 2.75) is 18.7 Å². The number of nitrogens with one attached hydrogen (secondary N) is 1. The van der Waals surface area contributed by atoms with E-state index < -0.39 is 5.91 Å². The number of hydrogen-bond donors (Lipinski definition) is 3. The summed E-state index contributed by atoms with van der Waals surface area (Å²) < 4.78 is 5.57. The number of aryl methyl sites for hydroxylation is 3. The first kappa shape index (κ1) is 24.6. The summed E-state index contributed by atoms with van der Waals surface area (Å²) in [5.74, 6) is 5.41. The predicted molar refractivity (Wildman–Crippen MR) is 139 cm³/mol. The molecule has 2 amide bonds. The normalized spacial score (nSPS) is 10.9. The highest BCUT2D eigenvalue weighted by atomic mass is 32.1. The van der Waals surface area contributed by atoms with Crippen LogP contribution in [0.4, 0.5) is 5.69 Å². The maximum atomic E-state index is 12.7. The van der Waals surface area contributed by atoms with Crippen molar-refractivity contribution < 1.29 is 14.7 Å². The van der Waals surface area contributed by atoms with Crippen molar-refractivity contribution in [1.29, 1.82) is 0 Å². The fourth-order valence-corrected chi connectivity index (χ4v) is 4.09. The molecule has 0 saturated heterocycles. The SMILES string of the molecule is Cc1cc(C(=O)Nc2ccccc2C#Cc2cncc(C(=O)N=[SH]c3cccc(C)c3O)c2)n(C)n1. The lowest BCUT2D eigenvalue weighted by molar-refractivity contribution is 0.1000. The number of nitrogens with zero attached hydrogens (tertiary/aromatic N) is 4. The molecule has 8 nitrogen and oxygen atoms in total. The molecule has 2 aromatic carbocycles. The molecule has 4 rings (SSSR count). The van der Waals surface area contributed by atoms with E-state index in [0.29, 0.717) is 44.5 Å². The number of carbonyl (C=O) groups is 2. The number of aromatic nitrogens is 3. The second kappa shape index (κ2) is 10.8. The van der Waals surface area contributed by atoms with Crippen LogP contribution >= 0.6 is 0 Å². The summed E-state index contributed by atoms with van der Waals surface area (Å²) in [6, 6.07) is 15.8. The van der Waals surface area contributed by atoms with E-state index in [4.69, 9.17) is 0 Å². The van der Waals surface area contributed by atoms with Crippen molar-refractivity contribution in [3.63, 3.8) is 0 Å². The Kier molecular flexibility index (Phi) is 7.37. The molecule has 180 valence electrons. The number of para-hydroxylation sites is 2. The van der Waals surface area contributed by atoms with Gasteiger partial charge in [0, 0.05) is 30.6 Å². The summed E-state index contributed by atoms with van der Waals surface area (Å²) in [6.45, 7) is 3.61. The number of aromatic hydroxyl groups is 1. The van der Waals surface area contributed by atoms with Crippen molar-refractivity contribution in [3.05, 3.63) is 101 Å². The van der Waals surface area contributed by atoms with E-state index >= 15 is 0 Å². The van der Waals surface area contributed by atoms with Crippen LogP contribution in [0.25, 0.3) is 0 Å². The molecule has 0 atom stereocenters. The molecule has 0 radical (unpaired) electrons. The van der Waals surface area contributed by atoms with Crippen LogP contribution in [-0.2, 0) is 18.6 Å². The molecule has 0 spiro atoms. The number of phenolic OH excluding ortho intramolecular Hbond substituents is 1. The lowest BCUT2D eigenvalue weighted by Gasteiger charge is -2.07. The van der Waals surface area contributed by atoms with Gasteiger partial charge >= 0.3 is 0 Å². The third-order valence-electron chi connectivity index (χ3n) is 5.20. The van der Waals surface area contributed by atoms with Gasteiger partial charge in [-0.3, -0.25) is 19.3 Å². The number of phenols is 1. The zero-order valence-electron chi connectivity index (χ0n) is 19.9. The molecule has 0 fully saturated rings. The van der Waals surface area contributed by atoms with Gasteiger partial charge in [-0.2, -0.15) is 9.46 Å². The van der Waals surface area contributed by atoms with Gasteiger partial charge in [-0.1, -0.05) is 47.7 Å². The zero-order chi connectivity index (χ0) is 25.7. The van der Waals surface area contributed by atoms with Gasteiger partial charge in [0.15, 0.2) is 0 Å². The van der Waals surface area contributed by atoms with Gasteiger partial charge in [0.1, 0.15) is 11.4 Å². The number of thiol groups is 1. The molecule has 0 unspecified atom stereocenters. The molecule has 0 aliphatic carbocycles. The quantitative estimate of drug-likeness (QED) is 0.292. The Bertz CT molecular complexity index is 1560. The Hall–Kier alpha value is -4.55. The number of rotatable bonds is 4. The maximum Gasteiger partial charge on any atom is 0.284 e. The molecule has 0 aliphatic heterocycles. The van der Waals surface area contributed by atoms with Gasteiger partial charge in [-0.05, 0) is 49.7 Å². The van der Waals surface area contributed by atoms with E-state index in [1.54, 1.807) is 62.6 Å². The minimum absolute atomic E-state index is 0.123. The molecule has 2 heterocycles.